The van der Waals surface area contributed by atoms with Gasteiger partial charge in [0, 0.05) is 31.9 Å². The van der Waals surface area contributed by atoms with Gasteiger partial charge in [0.1, 0.15) is 0 Å². The van der Waals surface area contributed by atoms with Gasteiger partial charge >= 0.3 is 6.03 Å². The zero-order valence-corrected chi connectivity index (χ0v) is 12.4. The van der Waals surface area contributed by atoms with Crippen molar-refractivity contribution in [1.82, 2.24) is 20.0 Å². The number of aryl methyl sites for hydroxylation is 3. The van der Waals surface area contributed by atoms with E-state index in [0.29, 0.717) is 19.6 Å². The topological polar surface area (TPSA) is 50.2 Å². The third kappa shape index (κ3) is 4.91. The first-order chi connectivity index (χ1) is 9.58. The maximum Gasteiger partial charge on any atom is 0.317 e. The molecule has 110 valence electrons. The minimum atomic E-state index is -0.0850. The van der Waals surface area contributed by atoms with Gasteiger partial charge in [0.2, 0.25) is 0 Å². The Kier molecular flexibility index (Phi) is 6.56. The molecule has 1 N–H and O–H groups in total. The van der Waals surface area contributed by atoms with E-state index in [1.807, 2.05) is 18.5 Å². The average molecular weight is 276 g/mol. The van der Waals surface area contributed by atoms with Crippen LogP contribution in [0.1, 0.15) is 17.8 Å². The molecule has 0 aliphatic carbocycles. The predicted octanol–water partition coefficient (Wildman–Crippen LogP) is 2.27. The normalized spacial score (nSPS) is 10.1. The molecule has 5 nitrogen and oxygen atoms in total. The van der Waals surface area contributed by atoms with Gasteiger partial charge in [-0.15, -0.1) is 13.2 Å². The van der Waals surface area contributed by atoms with Crippen LogP contribution >= 0.6 is 0 Å². The largest absolute Gasteiger partial charge is 0.338 e. The number of carbonyl (C=O) groups is 1. The monoisotopic (exact) mass is 276 g/mol. The number of hydrogen-bond donors (Lipinski definition) is 1. The molecular weight excluding hydrogens is 252 g/mol. The second kappa shape index (κ2) is 8.19. The molecule has 20 heavy (non-hydrogen) atoms. The van der Waals surface area contributed by atoms with E-state index < -0.39 is 0 Å². The summed E-state index contributed by atoms with van der Waals surface area (Å²) >= 11 is 0. The molecule has 1 aromatic heterocycles. The van der Waals surface area contributed by atoms with Crippen molar-refractivity contribution in [3.63, 3.8) is 0 Å². The molecule has 5 heteroatoms. The van der Waals surface area contributed by atoms with Crippen molar-refractivity contribution in [2.24, 2.45) is 0 Å². The lowest BCUT2D eigenvalue weighted by Crippen LogP contribution is -2.40. The first kappa shape index (κ1) is 16.0. The highest BCUT2D eigenvalue weighted by Crippen LogP contribution is 2.02. The van der Waals surface area contributed by atoms with Crippen LogP contribution in [0.15, 0.2) is 31.4 Å². The molecule has 0 bridgehead atoms. The minimum absolute atomic E-state index is 0.0850. The van der Waals surface area contributed by atoms with Crippen molar-refractivity contribution in [3.8, 4) is 0 Å². The summed E-state index contributed by atoms with van der Waals surface area (Å²) in [4.78, 5) is 13.6. The molecule has 1 heterocycles. The molecule has 0 aromatic carbocycles. The van der Waals surface area contributed by atoms with Gasteiger partial charge < -0.3 is 10.2 Å². The highest BCUT2D eigenvalue weighted by molar-refractivity contribution is 5.74. The lowest BCUT2D eigenvalue weighted by molar-refractivity contribution is 0.208. The lowest BCUT2D eigenvalue weighted by atomic mass is 10.4. The van der Waals surface area contributed by atoms with Crippen molar-refractivity contribution < 1.29 is 4.79 Å². The van der Waals surface area contributed by atoms with Crippen LogP contribution in [0, 0.1) is 13.8 Å². The van der Waals surface area contributed by atoms with E-state index in [4.69, 9.17) is 0 Å². The molecule has 0 fully saturated rings. The fourth-order valence-corrected chi connectivity index (χ4v) is 1.99. The molecule has 0 atom stereocenters. The Morgan fingerprint density at radius 3 is 2.55 bits per heavy atom. The second-order valence-electron chi connectivity index (χ2n) is 4.72. The van der Waals surface area contributed by atoms with Crippen molar-refractivity contribution in [3.05, 3.63) is 42.8 Å². The van der Waals surface area contributed by atoms with Crippen molar-refractivity contribution >= 4 is 6.03 Å². The summed E-state index contributed by atoms with van der Waals surface area (Å²) in [6, 6.07) is 1.97. The summed E-state index contributed by atoms with van der Waals surface area (Å²) < 4.78 is 1.97. The first-order valence-corrected chi connectivity index (χ1v) is 6.84. The molecule has 0 aliphatic heterocycles. The molecule has 0 spiro atoms. The quantitative estimate of drug-likeness (QED) is 0.585. The minimum Gasteiger partial charge on any atom is -0.338 e. The smallest absolute Gasteiger partial charge is 0.317 e. The van der Waals surface area contributed by atoms with Crippen LogP contribution in [0.5, 0.6) is 0 Å². The number of hydrogen-bond acceptors (Lipinski definition) is 2. The van der Waals surface area contributed by atoms with E-state index in [2.05, 4.69) is 29.6 Å². The van der Waals surface area contributed by atoms with Gasteiger partial charge in [0.05, 0.1) is 5.69 Å². The molecule has 2 amide bonds. The Morgan fingerprint density at radius 1 is 1.40 bits per heavy atom. The summed E-state index contributed by atoms with van der Waals surface area (Å²) in [6.07, 6.45) is 4.27. The van der Waals surface area contributed by atoms with Gasteiger partial charge in [-0.05, 0) is 26.3 Å². The number of carbonyl (C=O) groups excluding carboxylic acids is 1. The van der Waals surface area contributed by atoms with Gasteiger partial charge in [-0.25, -0.2) is 4.79 Å². The third-order valence-electron chi connectivity index (χ3n) is 2.91. The maximum absolute atomic E-state index is 11.9. The van der Waals surface area contributed by atoms with Gasteiger partial charge in [-0.3, -0.25) is 4.68 Å². The van der Waals surface area contributed by atoms with E-state index in [1.165, 1.54) is 0 Å². The van der Waals surface area contributed by atoms with Crippen LogP contribution in [0.2, 0.25) is 0 Å². The number of nitrogens with zero attached hydrogens (tertiary/aromatic N) is 3. The fourth-order valence-electron chi connectivity index (χ4n) is 1.99. The van der Waals surface area contributed by atoms with Gasteiger partial charge in [-0.2, -0.15) is 5.10 Å². The summed E-state index contributed by atoms with van der Waals surface area (Å²) in [5.41, 5.74) is 2.17. The summed E-state index contributed by atoms with van der Waals surface area (Å²) in [7, 11) is 0. The molecule has 0 aliphatic rings. The number of aromatic nitrogens is 2. The van der Waals surface area contributed by atoms with E-state index in [1.54, 1.807) is 17.1 Å². The van der Waals surface area contributed by atoms with Crippen LogP contribution in [-0.4, -0.2) is 40.3 Å². The van der Waals surface area contributed by atoms with E-state index in [0.717, 1.165) is 24.4 Å². The number of urea groups is 1. The Balaban J connectivity index is 2.32. The standard InChI is InChI=1S/C15H24N4O/c1-5-9-18(10-6-2)15(20)16-8-7-11-19-14(4)12-13(3)17-19/h5-6,12H,1-2,7-11H2,3-4H3,(H,16,20). The Labute approximate surface area is 121 Å². The molecule has 0 saturated heterocycles. The van der Waals surface area contributed by atoms with Crippen molar-refractivity contribution in [2.45, 2.75) is 26.8 Å². The van der Waals surface area contributed by atoms with Gasteiger partial charge in [-0.1, -0.05) is 12.2 Å². The van der Waals surface area contributed by atoms with Crippen molar-refractivity contribution in [1.29, 1.82) is 0 Å². The number of nitrogens with one attached hydrogen (secondary N) is 1. The van der Waals surface area contributed by atoms with Crippen LogP contribution in [-0.2, 0) is 6.54 Å². The fraction of sp³-hybridized carbons (Fsp3) is 0.467. The van der Waals surface area contributed by atoms with Crippen molar-refractivity contribution in [2.75, 3.05) is 19.6 Å². The van der Waals surface area contributed by atoms with Gasteiger partial charge in [0.15, 0.2) is 0 Å². The van der Waals surface area contributed by atoms with E-state index >= 15 is 0 Å². The third-order valence-corrected chi connectivity index (χ3v) is 2.91. The van der Waals surface area contributed by atoms with Gasteiger partial charge in [0.25, 0.3) is 0 Å². The predicted molar refractivity (Wildman–Crippen MR) is 81.7 cm³/mol. The maximum atomic E-state index is 11.9. The highest BCUT2D eigenvalue weighted by Gasteiger charge is 2.09. The number of rotatable bonds is 8. The Hall–Kier alpha value is -2.04. The zero-order chi connectivity index (χ0) is 15.0. The Bertz CT molecular complexity index is 454. The molecular formula is C15H24N4O. The Morgan fingerprint density at radius 2 is 2.05 bits per heavy atom. The molecule has 1 rings (SSSR count). The zero-order valence-electron chi connectivity index (χ0n) is 12.4. The average Bonchev–Trinajstić information content (AvgIpc) is 2.72. The SMILES string of the molecule is C=CCN(CC=C)C(=O)NCCCn1nc(C)cc1C. The van der Waals surface area contributed by atoms with Crippen LogP contribution in [0.4, 0.5) is 4.79 Å². The highest BCUT2D eigenvalue weighted by atomic mass is 16.2. The van der Waals surface area contributed by atoms with E-state index in [9.17, 15) is 4.79 Å². The van der Waals surface area contributed by atoms with Crippen LogP contribution < -0.4 is 5.32 Å². The molecule has 1 aromatic rings. The summed E-state index contributed by atoms with van der Waals surface area (Å²) in [5.74, 6) is 0. The molecule has 0 unspecified atom stereocenters. The second-order valence-corrected chi connectivity index (χ2v) is 4.72. The molecule has 0 radical (unpaired) electrons. The summed E-state index contributed by atoms with van der Waals surface area (Å²) in [6.45, 7) is 13.8. The summed E-state index contributed by atoms with van der Waals surface area (Å²) in [5, 5.41) is 7.29. The van der Waals surface area contributed by atoms with Crippen LogP contribution in [0.3, 0.4) is 0 Å². The number of amides is 2. The van der Waals surface area contributed by atoms with Crippen LogP contribution in [0.25, 0.3) is 0 Å². The lowest BCUT2D eigenvalue weighted by Gasteiger charge is -2.19. The molecule has 0 saturated carbocycles. The first-order valence-electron chi connectivity index (χ1n) is 6.84. The van der Waals surface area contributed by atoms with E-state index in [-0.39, 0.29) is 6.03 Å².